The number of ether oxygens (including phenoxy) is 1. The summed E-state index contributed by atoms with van der Waals surface area (Å²) in [5, 5.41) is 15.0. The van der Waals surface area contributed by atoms with E-state index in [2.05, 4.69) is 16.7 Å². The van der Waals surface area contributed by atoms with E-state index in [0.717, 1.165) is 37.8 Å². The van der Waals surface area contributed by atoms with E-state index in [4.69, 9.17) is 21.0 Å². The second-order valence-corrected chi connectivity index (χ2v) is 7.29. The minimum atomic E-state index is -4.84. The molecule has 0 radical (unpaired) electrons. The Bertz CT molecular complexity index is 756. The molecule has 0 aliphatic carbocycles. The number of carboxylic acid groups (broad SMARTS) is 1. The number of rotatable bonds is 5. The van der Waals surface area contributed by atoms with Gasteiger partial charge in [0.05, 0.1) is 0 Å². The van der Waals surface area contributed by atoms with Gasteiger partial charge in [-0.1, -0.05) is 0 Å². The van der Waals surface area contributed by atoms with Crippen molar-refractivity contribution >= 4 is 23.7 Å². The van der Waals surface area contributed by atoms with Crippen LogP contribution in [0.2, 0.25) is 0 Å². The Labute approximate surface area is 166 Å². The predicted molar refractivity (Wildman–Crippen MR) is 100.0 cm³/mol. The van der Waals surface area contributed by atoms with Crippen molar-refractivity contribution in [3.63, 3.8) is 0 Å². The average Bonchev–Trinajstić information content (AvgIpc) is 2.83. The van der Waals surface area contributed by atoms with E-state index in [1.165, 1.54) is 6.07 Å². The molecule has 160 valence electrons. The van der Waals surface area contributed by atoms with Crippen molar-refractivity contribution in [2.45, 2.75) is 50.6 Å². The van der Waals surface area contributed by atoms with Gasteiger partial charge in [0.2, 0.25) is 0 Å². The van der Waals surface area contributed by atoms with Gasteiger partial charge in [-0.25, -0.2) is 0 Å². The molecule has 10 heteroatoms. The molecule has 2 aliphatic heterocycles. The summed E-state index contributed by atoms with van der Waals surface area (Å²) in [5.41, 5.74) is 5.46. The summed E-state index contributed by atoms with van der Waals surface area (Å²) in [7, 11) is 2.11. The maximum absolute atomic E-state index is 12.5. The van der Waals surface area contributed by atoms with Gasteiger partial charge in [-0.15, -0.1) is 13.2 Å². The highest BCUT2D eigenvalue weighted by molar-refractivity contribution is 6.46. The number of hydrogen-bond acceptors (Lipinski definition) is 6. The third-order valence-corrected chi connectivity index (χ3v) is 5.48. The summed E-state index contributed by atoms with van der Waals surface area (Å²) >= 11 is 0. The molecule has 2 aliphatic rings. The van der Waals surface area contributed by atoms with E-state index in [0.29, 0.717) is 12.1 Å². The van der Waals surface area contributed by atoms with Gasteiger partial charge in [0.25, 0.3) is 6.47 Å². The van der Waals surface area contributed by atoms with Crippen molar-refractivity contribution in [1.82, 2.24) is 4.90 Å². The Balaban J connectivity index is 0.000000941. The molecule has 0 aromatic heterocycles. The molecule has 3 rings (SSSR count). The molecule has 0 spiro atoms. The quantitative estimate of drug-likeness (QED) is 0.387. The van der Waals surface area contributed by atoms with Gasteiger partial charge in [-0.3, -0.25) is 15.0 Å². The number of halogens is 3. The zero-order valence-electron chi connectivity index (χ0n) is 15.9. The molecule has 2 atom stereocenters. The number of carbonyl (C=O) groups excluding carboxylic acids is 1. The smallest absolute Gasteiger partial charge is 0.483 e. The first-order valence-electron chi connectivity index (χ1n) is 9.12. The number of Topliss-reactive ketones (excluding diaryl/α,β-unsaturated/α-hetero) is 1. The molecular weight excluding hydrogens is 391 g/mol. The number of nitrogens with zero attached hydrogens (tertiary/aromatic N) is 1. The normalized spacial score (nSPS) is 23.7. The fourth-order valence-corrected chi connectivity index (χ4v) is 4.15. The van der Waals surface area contributed by atoms with Crippen LogP contribution in [-0.4, -0.2) is 53.5 Å². The third kappa shape index (κ3) is 5.93. The number of ketones is 1. The Kier molecular flexibility index (Phi) is 7.23. The fourth-order valence-electron chi connectivity index (χ4n) is 4.15. The summed E-state index contributed by atoms with van der Waals surface area (Å²) in [5.74, 6) is -0.682. The van der Waals surface area contributed by atoms with Crippen LogP contribution >= 0.6 is 0 Å². The van der Waals surface area contributed by atoms with Gasteiger partial charge in [0.15, 0.2) is 5.78 Å². The van der Waals surface area contributed by atoms with Crippen LogP contribution in [0.5, 0.6) is 5.75 Å². The highest BCUT2D eigenvalue weighted by Crippen LogP contribution is 2.39. The van der Waals surface area contributed by atoms with Crippen LogP contribution in [-0.2, 0) is 9.59 Å². The van der Waals surface area contributed by atoms with E-state index < -0.39 is 17.9 Å². The Morgan fingerprint density at radius 2 is 1.90 bits per heavy atom. The standard InChI is InChI=1S/C18H22F3N3O2.CH2O2/c1-24-11-2-3-12(24)7-10(6-11)8-16(25)17(23)14-9-13(4-5-15(14)22)26-18(19,20)21;2-1-3/h4-5,9-12,23H,2-3,6-8,22H2,1H3;1H,(H,2,3). The second-order valence-electron chi connectivity index (χ2n) is 7.29. The van der Waals surface area contributed by atoms with Crippen molar-refractivity contribution in [2.24, 2.45) is 5.92 Å². The van der Waals surface area contributed by atoms with E-state index in [9.17, 15) is 18.0 Å². The lowest BCUT2D eigenvalue weighted by Gasteiger charge is -2.36. The van der Waals surface area contributed by atoms with Crippen LogP contribution in [0.1, 0.15) is 37.7 Å². The number of carbonyl (C=O) groups is 2. The first-order valence-corrected chi connectivity index (χ1v) is 9.12. The molecule has 1 aromatic carbocycles. The second kappa shape index (κ2) is 9.25. The first-order chi connectivity index (χ1) is 13.6. The third-order valence-electron chi connectivity index (χ3n) is 5.48. The minimum Gasteiger partial charge on any atom is -0.483 e. The highest BCUT2D eigenvalue weighted by atomic mass is 19.4. The number of alkyl halides is 3. The lowest BCUT2D eigenvalue weighted by atomic mass is 9.85. The maximum atomic E-state index is 12.5. The zero-order valence-corrected chi connectivity index (χ0v) is 15.9. The van der Waals surface area contributed by atoms with Crippen molar-refractivity contribution in [2.75, 3.05) is 12.8 Å². The van der Waals surface area contributed by atoms with E-state index >= 15 is 0 Å². The van der Waals surface area contributed by atoms with E-state index in [-0.39, 0.29) is 35.8 Å². The highest BCUT2D eigenvalue weighted by Gasteiger charge is 2.39. The van der Waals surface area contributed by atoms with Crippen molar-refractivity contribution in [3.8, 4) is 5.75 Å². The molecular formula is C19H24F3N3O4. The summed E-state index contributed by atoms with van der Waals surface area (Å²) in [6.07, 6.45) is -0.520. The van der Waals surface area contributed by atoms with Crippen LogP contribution in [0.3, 0.4) is 0 Å². The Morgan fingerprint density at radius 1 is 1.34 bits per heavy atom. The first kappa shape index (κ1) is 22.7. The van der Waals surface area contributed by atoms with Crippen LogP contribution in [0.25, 0.3) is 0 Å². The number of nitrogens with one attached hydrogen (secondary N) is 1. The van der Waals surface area contributed by atoms with Gasteiger partial charge in [0, 0.05) is 29.8 Å². The summed E-state index contributed by atoms with van der Waals surface area (Å²) in [6.45, 7) is -0.250. The molecule has 7 nitrogen and oxygen atoms in total. The van der Waals surface area contributed by atoms with E-state index in [1.807, 2.05) is 0 Å². The van der Waals surface area contributed by atoms with E-state index in [1.54, 1.807) is 0 Å². The number of piperidine rings is 1. The summed E-state index contributed by atoms with van der Waals surface area (Å²) in [6, 6.07) is 4.25. The predicted octanol–water partition coefficient (Wildman–Crippen LogP) is 3.07. The molecule has 1 aromatic rings. The van der Waals surface area contributed by atoms with Crippen LogP contribution in [0.4, 0.5) is 18.9 Å². The van der Waals surface area contributed by atoms with Gasteiger partial charge in [-0.05, 0) is 56.8 Å². The minimum absolute atomic E-state index is 0.0207. The molecule has 4 N–H and O–H groups in total. The lowest BCUT2D eigenvalue weighted by molar-refractivity contribution is -0.274. The Hall–Kier alpha value is -2.62. The fraction of sp³-hybridized carbons (Fsp3) is 0.526. The number of hydrogen-bond donors (Lipinski definition) is 3. The molecule has 2 bridgehead atoms. The lowest BCUT2D eigenvalue weighted by Crippen LogP contribution is -2.40. The van der Waals surface area contributed by atoms with Crippen LogP contribution in [0, 0.1) is 11.3 Å². The van der Waals surface area contributed by atoms with Gasteiger partial charge in [-0.2, -0.15) is 0 Å². The van der Waals surface area contributed by atoms with Crippen molar-refractivity contribution < 1.29 is 32.6 Å². The molecule has 2 fully saturated rings. The average molecular weight is 415 g/mol. The molecule has 29 heavy (non-hydrogen) atoms. The number of fused-ring (bicyclic) bond motifs is 2. The maximum Gasteiger partial charge on any atom is 0.573 e. The topological polar surface area (TPSA) is 117 Å². The van der Waals surface area contributed by atoms with Gasteiger partial charge in [0.1, 0.15) is 11.5 Å². The summed E-state index contributed by atoms with van der Waals surface area (Å²) < 4.78 is 41.0. The molecule has 0 amide bonds. The SMILES string of the molecule is CN1C2CCC1CC(CC(=O)C(=N)c1cc(OC(F)(F)F)ccc1N)C2.O=CO. The number of benzene rings is 1. The Morgan fingerprint density at radius 3 is 2.41 bits per heavy atom. The van der Waals surface area contributed by atoms with Crippen LogP contribution < -0.4 is 10.5 Å². The molecule has 2 heterocycles. The monoisotopic (exact) mass is 415 g/mol. The number of nitrogen functional groups attached to an aromatic ring is 1. The van der Waals surface area contributed by atoms with Crippen LogP contribution in [0.15, 0.2) is 18.2 Å². The van der Waals surface area contributed by atoms with Gasteiger partial charge < -0.3 is 20.5 Å². The zero-order chi connectivity index (χ0) is 21.8. The summed E-state index contributed by atoms with van der Waals surface area (Å²) in [4.78, 5) is 23.2. The number of nitrogens with two attached hydrogens (primary N) is 1. The molecule has 2 saturated heterocycles. The number of anilines is 1. The van der Waals surface area contributed by atoms with Crippen molar-refractivity contribution in [1.29, 1.82) is 5.41 Å². The molecule has 0 saturated carbocycles. The largest absolute Gasteiger partial charge is 0.573 e. The van der Waals surface area contributed by atoms with Gasteiger partial charge >= 0.3 is 6.36 Å². The molecule has 2 unspecified atom stereocenters. The van der Waals surface area contributed by atoms with Crippen molar-refractivity contribution in [3.05, 3.63) is 23.8 Å².